The van der Waals surface area contributed by atoms with E-state index in [9.17, 15) is 9.90 Å². The number of amides is 1. The van der Waals surface area contributed by atoms with Crippen LogP contribution in [-0.2, 0) is 9.53 Å². The van der Waals surface area contributed by atoms with Gasteiger partial charge in [0.25, 0.3) is 0 Å². The Hall–Kier alpha value is -1.73. The van der Waals surface area contributed by atoms with Crippen LogP contribution in [-0.4, -0.2) is 70.4 Å². The van der Waals surface area contributed by atoms with Crippen LogP contribution in [0.25, 0.3) is 0 Å². The average molecular weight is 332 g/mol. The van der Waals surface area contributed by atoms with Crippen molar-refractivity contribution in [3.05, 3.63) is 18.5 Å². The molecule has 7 nitrogen and oxygen atoms in total. The number of hydrogen-bond donors (Lipinski definition) is 1. The molecular weight excluding hydrogens is 308 g/mol. The molecule has 1 amide bonds. The Bertz CT molecular complexity index is 593. The van der Waals surface area contributed by atoms with Crippen molar-refractivity contribution in [3.63, 3.8) is 0 Å². The molecule has 2 aliphatic heterocycles. The molecule has 0 spiro atoms. The predicted molar refractivity (Wildman–Crippen MR) is 87.5 cm³/mol. The molecule has 2 atom stereocenters. The maximum Gasteiger partial charge on any atom is 0.225 e. The number of ether oxygens (including phenoxy) is 1. The SMILES string of the molecule is O=C(CC1(O)CCC1)N1C[C@@H]2CN(c3ncccn3)CCO[C@@H]2C1. The Kier molecular flexibility index (Phi) is 4.14. The maximum atomic E-state index is 12.5. The number of rotatable bonds is 3. The number of carbonyl (C=O) groups is 1. The van der Waals surface area contributed by atoms with Gasteiger partial charge in [0.05, 0.1) is 24.7 Å². The summed E-state index contributed by atoms with van der Waals surface area (Å²) in [5.74, 6) is 1.03. The van der Waals surface area contributed by atoms with Crippen LogP contribution in [0.5, 0.6) is 0 Å². The van der Waals surface area contributed by atoms with Crippen LogP contribution in [0.2, 0.25) is 0 Å². The number of aliphatic hydroxyl groups is 1. The van der Waals surface area contributed by atoms with Crippen molar-refractivity contribution in [2.45, 2.75) is 37.4 Å². The van der Waals surface area contributed by atoms with Crippen LogP contribution in [0, 0.1) is 5.92 Å². The highest BCUT2D eigenvalue weighted by atomic mass is 16.5. The van der Waals surface area contributed by atoms with Gasteiger partial charge in [0.2, 0.25) is 11.9 Å². The van der Waals surface area contributed by atoms with E-state index in [-0.39, 0.29) is 24.3 Å². The van der Waals surface area contributed by atoms with Crippen LogP contribution in [0.4, 0.5) is 5.95 Å². The molecule has 0 aromatic carbocycles. The molecule has 3 aliphatic rings. The molecule has 3 fully saturated rings. The third kappa shape index (κ3) is 3.10. The Morgan fingerprint density at radius 2 is 2.08 bits per heavy atom. The first-order valence-electron chi connectivity index (χ1n) is 8.77. The van der Waals surface area contributed by atoms with E-state index in [0.29, 0.717) is 19.7 Å². The molecule has 1 aromatic heterocycles. The lowest BCUT2D eigenvalue weighted by Crippen LogP contribution is -2.43. The number of nitrogens with zero attached hydrogens (tertiary/aromatic N) is 4. The Morgan fingerprint density at radius 3 is 2.79 bits per heavy atom. The van der Waals surface area contributed by atoms with Gasteiger partial charge < -0.3 is 19.6 Å². The molecule has 130 valence electrons. The molecule has 7 heteroatoms. The van der Waals surface area contributed by atoms with Crippen LogP contribution < -0.4 is 4.90 Å². The van der Waals surface area contributed by atoms with Gasteiger partial charge in [-0.05, 0) is 25.3 Å². The third-order valence-corrected chi connectivity index (χ3v) is 5.48. The summed E-state index contributed by atoms with van der Waals surface area (Å²) in [6, 6.07) is 1.81. The highest BCUT2D eigenvalue weighted by molar-refractivity contribution is 5.77. The van der Waals surface area contributed by atoms with E-state index in [1.54, 1.807) is 12.4 Å². The Morgan fingerprint density at radius 1 is 1.29 bits per heavy atom. The van der Waals surface area contributed by atoms with E-state index in [2.05, 4.69) is 14.9 Å². The second-order valence-electron chi connectivity index (χ2n) is 7.22. The average Bonchev–Trinajstić information content (AvgIpc) is 2.86. The maximum absolute atomic E-state index is 12.5. The molecule has 24 heavy (non-hydrogen) atoms. The molecule has 1 saturated carbocycles. The molecule has 1 aromatic rings. The monoisotopic (exact) mass is 332 g/mol. The first-order chi connectivity index (χ1) is 11.6. The van der Waals surface area contributed by atoms with E-state index in [4.69, 9.17) is 4.74 Å². The van der Waals surface area contributed by atoms with Crippen LogP contribution >= 0.6 is 0 Å². The zero-order chi connectivity index (χ0) is 16.6. The second-order valence-corrected chi connectivity index (χ2v) is 7.22. The lowest BCUT2D eigenvalue weighted by atomic mass is 9.77. The van der Waals surface area contributed by atoms with Crippen LogP contribution in [0.1, 0.15) is 25.7 Å². The van der Waals surface area contributed by atoms with Gasteiger partial charge in [-0.2, -0.15) is 0 Å². The molecule has 0 radical (unpaired) electrons. The van der Waals surface area contributed by atoms with Gasteiger partial charge in [-0.3, -0.25) is 4.79 Å². The summed E-state index contributed by atoms with van der Waals surface area (Å²) >= 11 is 0. The van der Waals surface area contributed by atoms with Crippen molar-refractivity contribution in [3.8, 4) is 0 Å². The predicted octanol–water partition coefficient (Wildman–Crippen LogP) is 0.445. The second kappa shape index (κ2) is 6.29. The summed E-state index contributed by atoms with van der Waals surface area (Å²) in [6.07, 6.45) is 6.32. The number of carbonyl (C=O) groups excluding carboxylic acids is 1. The van der Waals surface area contributed by atoms with Crippen LogP contribution in [0.3, 0.4) is 0 Å². The zero-order valence-corrected chi connectivity index (χ0v) is 13.8. The molecule has 0 unspecified atom stereocenters. The largest absolute Gasteiger partial charge is 0.389 e. The fraction of sp³-hybridized carbons (Fsp3) is 0.706. The Labute approximate surface area is 141 Å². The molecule has 2 saturated heterocycles. The van der Waals surface area contributed by atoms with Gasteiger partial charge >= 0.3 is 0 Å². The van der Waals surface area contributed by atoms with Gasteiger partial charge in [0.1, 0.15) is 0 Å². The minimum atomic E-state index is -0.757. The number of anilines is 1. The first-order valence-corrected chi connectivity index (χ1v) is 8.77. The highest BCUT2D eigenvalue weighted by Gasteiger charge is 2.42. The summed E-state index contributed by atoms with van der Waals surface area (Å²) in [7, 11) is 0. The van der Waals surface area contributed by atoms with Gasteiger partial charge in [0.15, 0.2) is 0 Å². The van der Waals surface area contributed by atoms with E-state index in [1.165, 1.54) is 0 Å². The topological polar surface area (TPSA) is 78.8 Å². The minimum Gasteiger partial charge on any atom is -0.389 e. The summed E-state index contributed by atoms with van der Waals surface area (Å²) in [4.78, 5) is 25.2. The van der Waals surface area contributed by atoms with Gasteiger partial charge in [-0.15, -0.1) is 0 Å². The molecule has 1 aliphatic carbocycles. The normalized spacial score (nSPS) is 28.9. The lowest BCUT2D eigenvalue weighted by molar-refractivity contribution is -0.139. The van der Waals surface area contributed by atoms with Crippen molar-refractivity contribution in [1.29, 1.82) is 0 Å². The Balaban J connectivity index is 1.40. The number of hydrogen-bond acceptors (Lipinski definition) is 6. The van der Waals surface area contributed by atoms with Gasteiger partial charge in [0, 0.05) is 44.5 Å². The van der Waals surface area contributed by atoms with Gasteiger partial charge in [-0.1, -0.05) is 0 Å². The van der Waals surface area contributed by atoms with Crippen LogP contribution in [0.15, 0.2) is 18.5 Å². The van der Waals surface area contributed by atoms with E-state index in [0.717, 1.165) is 38.3 Å². The lowest BCUT2D eigenvalue weighted by Gasteiger charge is -2.37. The summed E-state index contributed by atoms with van der Waals surface area (Å²) < 4.78 is 5.98. The quantitative estimate of drug-likeness (QED) is 0.866. The molecular formula is C17H24N4O3. The van der Waals surface area contributed by atoms with E-state index < -0.39 is 5.60 Å². The number of likely N-dealkylation sites (tertiary alicyclic amines) is 1. The molecule has 4 rings (SSSR count). The van der Waals surface area contributed by atoms with Crippen molar-refractivity contribution in [2.75, 3.05) is 37.7 Å². The van der Waals surface area contributed by atoms with E-state index >= 15 is 0 Å². The van der Waals surface area contributed by atoms with Crippen molar-refractivity contribution in [1.82, 2.24) is 14.9 Å². The molecule has 3 heterocycles. The third-order valence-electron chi connectivity index (χ3n) is 5.48. The summed E-state index contributed by atoms with van der Waals surface area (Å²) in [6.45, 7) is 3.49. The van der Waals surface area contributed by atoms with E-state index in [1.807, 2.05) is 11.0 Å². The van der Waals surface area contributed by atoms with Gasteiger partial charge in [-0.25, -0.2) is 9.97 Å². The highest BCUT2D eigenvalue weighted by Crippen LogP contribution is 2.36. The number of aromatic nitrogens is 2. The first kappa shape index (κ1) is 15.8. The smallest absolute Gasteiger partial charge is 0.225 e. The van der Waals surface area contributed by atoms with Crippen molar-refractivity contribution in [2.24, 2.45) is 5.92 Å². The minimum absolute atomic E-state index is 0.0522. The summed E-state index contributed by atoms with van der Waals surface area (Å²) in [5.41, 5.74) is -0.757. The standard InChI is InChI=1S/C17H24N4O3/c22-15(9-17(23)3-1-4-17)21-11-13-10-20(7-8-24-14(13)12-21)16-18-5-2-6-19-16/h2,5-6,13-14,23H,1,3-4,7-12H2/t13-,14+/m0/s1. The van der Waals surface area contributed by atoms with Crippen molar-refractivity contribution >= 4 is 11.9 Å². The van der Waals surface area contributed by atoms with Crippen molar-refractivity contribution < 1.29 is 14.6 Å². The number of fused-ring (bicyclic) bond motifs is 1. The molecule has 0 bridgehead atoms. The molecule has 1 N–H and O–H groups in total. The fourth-order valence-corrected chi connectivity index (χ4v) is 3.89. The fourth-order valence-electron chi connectivity index (χ4n) is 3.89. The zero-order valence-electron chi connectivity index (χ0n) is 13.8. The summed E-state index contributed by atoms with van der Waals surface area (Å²) in [5, 5.41) is 10.2.